The number of aliphatic hydroxyl groups excluding tert-OH is 1. The van der Waals surface area contributed by atoms with Crippen molar-refractivity contribution >= 4 is 11.5 Å². The van der Waals surface area contributed by atoms with Crippen LogP contribution in [0.5, 0.6) is 0 Å². The van der Waals surface area contributed by atoms with Crippen LogP contribution in [0.4, 0.5) is 11.5 Å². The van der Waals surface area contributed by atoms with Gasteiger partial charge < -0.3 is 15.7 Å². The fourth-order valence-corrected chi connectivity index (χ4v) is 2.42. The van der Waals surface area contributed by atoms with Crippen LogP contribution >= 0.6 is 0 Å². The second kappa shape index (κ2) is 5.16. The van der Waals surface area contributed by atoms with E-state index in [2.05, 4.69) is 9.88 Å². The lowest BCUT2D eigenvalue weighted by Crippen LogP contribution is -2.40. The Morgan fingerprint density at radius 3 is 3.12 bits per heavy atom. The topological polar surface area (TPSA) is 62.4 Å². The van der Waals surface area contributed by atoms with Crippen LogP contribution < -0.4 is 10.6 Å². The number of rotatable bonds is 3. The molecule has 4 heteroatoms. The average Bonchev–Trinajstić information content (AvgIpc) is 2.31. The maximum Gasteiger partial charge on any atom is 0.146 e. The first-order valence-corrected chi connectivity index (χ1v) is 5.91. The molecule has 0 saturated carbocycles. The van der Waals surface area contributed by atoms with Gasteiger partial charge in [-0.15, -0.1) is 0 Å². The third kappa shape index (κ3) is 2.27. The summed E-state index contributed by atoms with van der Waals surface area (Å²) in [5.74, 6) is 0.590. The van der Waals surface area contributed by atoms with Gasteiger partial charge in [-0.25, -0.2) is 4.98 Å². The van der Waals surface area contributed by atoms with Crippen LogP contribution in [0, 0.1) is 0 Å². The molecule has 1 saturated heterocycles. The van der Waals surface area contributed by atoms with Gasteiger partial charge in [-0.3, -0.25) is 0 Å². The van der Waals surface area contributed by atoms with E-state index in [0.717, 1.165) is 25.1 Å². The number of hydrogen-bond donors (Lipinski definition) is 2. The Bertz CT molecular complexity index is 341. The van der Waals surface area contributed by atoms with Crippen LogP contribution in [0.15, 0.2) is 18.3 Å². The van der Waals surface area contributed by atoms with E-state index in [1.54, 1.807) is 6.20 Å². The van der Waals surface area contributed by atoms with E-state index >= 15 is 0 Å². The van der Waals surface area contributed by atoms with Crippen molar-refractivity contribution in [2.75, 3.05) is 23.8 Å². The molecule has 2 heterocycles. The lowest BCUT2D eigenvalue weighted by molar-refractivity contribution is 0.262. The van der Waals surface area contributed by atoms with Crippen molar-refractivity contribution in [2.45, 2.75) is 31.7 Å². The number of nitrogens with zero attached hydrogens (tertiary/aromatic N) is 2. The summed E-state index contributed by atoms with van der Waals surface area (Å²) in [7, 11) is 0. The van der Waals surface area contributed by atoms with E-state index in [9.17, 15) is 0 Å². The zero-order chi connectivity index (χ0) is 11.4. The van der Waals surface area contributed by atoms with E-state index < -0.39 is 0 Å². The molecule has 88 valence electrons. The second-order valence-electron chi connectivity index (χ2n) is 4.26. The average molecular weight is 221 g/mol. The highest BCUT2D eigenvalue weighted by molar-refractivity contribution is 5.63. The van der Waals surface area contributed by atoms with E-state index in [4.69, 9.17) is 10.8 Å². The minimum Gasteiger partial charge on any atom is -0.396 e. The molecule has 1 atom stereocenters. The standard InChI is InChI=1S/C12H19N3O/c13-12-11(5-3-7-14-12)15-8-2-1-4-10(15)6-9-16/h3,5,7,10,16H,1-2,4,6,8-9H2,(H2,13,14). The van der Waals surface area contributed by atoms with Gasteiger partial charge in [0.05, 0.1) is 5.69 Å². The molecule has 0 spiro atoms. The Labute approximate surface area is 96.1 Å². The van der Waals surface area contributed by atoms with Crippen molar-refractivity contribution in [1.29, 1.82) is 0 Å². The summed E-state index contributed by atoms with van der Waals surface area (Å²) in [5.41, 5.74) is 6.91. The molecule has 0 bridgehead atoms. The van der Waals surface area contributed by atoms with Crippen molar-refractivity contribution in [3.05, 3.63) is 18.3 Å². The Balaban J connectivity index is 2.19. The Morgan fingerprint density at radius 1 is 1.50 bits per heavy atom. The molecule has 1 aromatic heterocycles. The molecule has 1 fully saturated rings. The number of aromatic nitrogens is 1. The first-order chi connectivity index (χ1) is 7.83. The number of anilines is 2. The third-order valence-electron chi connectivity index (χ3n) is 3.22. The van der Waals surface area contributed by atoms with Crippen LogP contribution in [0.2, 0.25) is 0 Å². The number of nitrogens with two attached hydrogens (primary N) is 1. The fraction of sp³-hybridized carbons (Fsp3) is 0.583. The number of hydrogen-bond acceptors (Lipinski definition) is 4. The normalized spacial score (nSPS) is 21.1. The summed E-state index contributed by atoms with van der Waals surface area (Å²) >= 11 is 0. The molecule has 0 amide bonds. The highest BCUT2D eigenvalue weighted by Crippen LogP contribution is 2.29. The molecule has 1 aromatic rings. The Kier molecular flexibility index (Phi) is 3.62. The molecular formula is C12H19N3O. The SMILES string of the molecule is Nc1ncccc1N1CCCCC1CCO. The smallest absolute Gasteiger partial charge is 0.146 e. The third-order valence-corrected chi connectivity index (χ3v) is 3.22. The fourth-order valence-electron chi connectivity index (χ4n) is 2.42. The maximum absolute atomic E-state index is 9.08. The van der Waals surface area contributed by atoms with Crippen LogP contribution in [0.1, 0.15) is 25.7 Å². The van der Waals surface area contributed by atoms with E-state index in [-0.39, 0.29) is 6.61 Å². The molecule has 0 aliphatic carbocycles. The van der Waals surface area contributed by atoms with E-state index in [0.29, 0.717) is 11.9 Å². The van der Waals surface area contributed by atoms with Gasteiger partial charge in [0.25, 0.3) is 0 Å². The Morgan fingerprint density at radius 2 is 2.38 bits per heavy atom. The van der Waals surface area contributed by atoms with Crippen molar-refractivity contribution < 1.29 is 5.11 Å². The molecule has 16 heavy (non-hydrogen) atoms. The van der Waals surface area contributed by atoms with Gasteiger partial charge in [0.2, 0.25) is 0 Å². The summed E-state index contributed by atoms with van der Waals surface area (Å²) in [6.07, 6.45) is 6.09. The van der Waals surface area contributed by atoms with Crippen LogP contribution in [-0.4, -0.2) is 29.3 Å². The van der Waals surface area contributed by atoms with Crippen molar-refractivity contribution in [3.63, 3.8) is 0 Å². The van der Waals surface area contributed by atoms with Gasteiger partial charge in [-0.2, -0.15) is 0 Å². The molecule has 4 nitrogen and oxygen atoms in total. The molecule has 1 aliphatic rings. The number of piperidine rings is 1. The zero-order valence-corrected chi connectivity index (χ0v) is 9.47. The highest BCUT2D eigenvalue weighted by atomic mass is 16.3. The zero-order valence-electron chi connectivity index (χ0n) is 9.47. The molecule has 0 radical (unpaired) electrons. The quantitative estimate of drug-likeness (QED) is 0.810. The van der Waals surface area contributed by atoms with Crippen LogP contribution in [-0.2, 0) is 0 Å². The van der Waals surface area contributed by atoms with Crippen molar-refractivity contribution in [2.24, 2.45) is 0 Å². The van der Waals surface area contributed by atoms with E-state index in [1.165, 1.54) is 12.8 Å². The van der Waals surface area contributed by atoms with Crippen molar-refractivity contribution in [3.8, 4) is 0 Å². The maximum atomic E-state index is 9.08. The monoisotopic (exact) mass is 221 g/mol. The second-order valence-corrected chi connectivity index (χ2v) is 4.26. The van der Waals surface area contributed by atoms with Gasteiger partial charge in [-0.1, -0.05) is 0 Å². The van der Waals surface area contributed by atoms with E-state index in [1.807, 2.05) is 12.1 Å². The van der Waals surface area contributed by atoms with Crippen LogP contribution in [0.25, 0.3) is 0 Å². The molecule has 0 aromatic carbocycles. The van der Waals surface area contributed by atoms with Gasteiger partial charge in [0.15, 0.2) is 0 Å². The number of aliphatic hydroxyl groups is 1. The van der Waals surface area contributed by atoms with Crippen molar-refractivity contribution in [1.82, 2.24) is 4.98 Å². The van der Waals surface area contributed by atoms with Gasteiger partial charge >= 0.3 is 0 Å². The minimum absolute atomic E-state index is 0.237. The summed E-state index contributed by atoms with van der Waals surface area (Å²) in [6, 6.07) is 4.33. The summed E-state index contributed by atoms with van der Waals surface area (Å²) in [5, 5.41) is 9.08. The minimum atomic E-state index is 0.237. The Hall–Kier alpha value is -1.29. The number of nitrogen functional groups attached to an aromatic ring is 1. The predicted octanol–water partition coefficient (Wildman–Crippen LogP) is 1.41. The van der Waals surface area contributed by atoms with Gasteiger partial charge in [0.1, 0.15) is 5.82 Å². The lowest BCUT2D eigenvalue weighted by Gasteiger charge is -2.37. The predicted molar refractivity (Wildman–Crippen MR) is 65.3 cm³/mol. The largest absolute Gasteiger partial charge is 0.396 e. The molecular weight excluding hydrogens is 202 g/mol. The molecule has 1 unspecified atom stereocenters. The first kappa shape index (κ1) is 11.2. The molecule has 2 rings (SSSR count). The lowest BCUT2D eigenvalue weighted by atomic mass is 9.99. The summed E-state index contributed by atoms with van der Waals surface area (Å²) in [4.78, 5) is 6.42. The molecule has 3 N–H and O–H groups in total. The van der Waals surface area contributed by atoms with Gasteiger partial charge in [0, 0.05) is 25.4 Å². The van der Waals surface area contributed by atoms with Gasteiger partial charge in [-0.05, 0) is 37.8 Å². The number of pyridine rings is 1. The summed E-state index contributed by atoms with van der Waals surface area (Å²) in [6.45, 7) is 1.25. The summed E-state index contributed by atoms with van der Waals surface area (Å²) < 4.78 is 0. The highest BCUT2D eigenvalue weighted by Gasteiger charge is 2.23. The first-order valence-electron chi connectivity index (χ1n) is 5.91. The molecule has 1 aliphatic heterocycles. The van der Waals surface area contributed by atoms with Crippen LogP contribution in [0.3, 0.4) is 0 Å².